The van der Waals surface area contributed by atoms with Gasteiger partial charge in [-0.25, -0.2) is 14.6 Å². The van der Waals surface area contributed by atoms with Gasteiger partial charge in [0, 0.05) is 37.7 Å². The van der Waals surface area contributed by atoms with E-state index < -0.39 is 89.8 Å². The molecule has 7 atom stereocenters. The van der Waals surface area contributed by atoms with E-state index in [1.54, 1.807) is 63.2 Å². The van der Waals surface area contributed by atoms with E-state index in [9.17, 15) is 52.2 Å². The highest BCUT2D eigenvalue weighted by Gasteiger charge is 2.41. The van der Waals surface area contributed by atoms with Crippen molar-refractivity contribution in [3.63, 3.8) is 0 Å². The number of amides is 5. The first-order valence-electron chi connectivity index (χ1n) is 20.2. The zero-order valence-electron chi connectivity index (χ0n) is 35.2. The Hall–Kier alpha value is -6.51. The van der Waals surface area contributed by atoms with Crippen LogP contribution in [0.2, 0.25) is 0 Å². The Morgan fingerprint density at radius 1 is 0.825 bits per heavy atom. The van der Waals surface area contributed by atoms with Gasteiger partial charge in [-0.1, -0.05) is 76.6 Å². The number of rotatable bonds is 19. The lowest BCUT2D eigenvalue weighted by atomic mass is 9.96. The monoisotopic (exact) mass is 888 g/mol. The summed E-state index contributed by atoms with van der Waals surface area (Å²) in [6, 6.07) is 8.44. The molecular weight excluding hydrogens is 834 g/mol. The van der Waals surface area contributed by atoms with Crippen molar-refractivity contribution >= 4 is 41.5 Å². The summed E-state index contributed by atoms with van der Waals surface area (Å²) in [5.41, 5.74) is 7.98. The van der Waals surface area contributed by atoms with Crippen molar-refractivity contribution in [1.82, 2.24) is 36.1 Å². The van der Waals surface area contributed by atoms with Crippen molar-refractivity contribution in [3.05, 3.63) is 83.9 Å². The van der Waals surface area contributed by atoms with Crippen molar-refractivity contribution in [2.45, 2.75) is 109 Å². The maximum atomic E-state index is 14.3. The largest absolute Gasteiger partial charge is 0.508 e. The van der Waals surface area contributed by atoms with Crippen LogP contribution in [-0.4, -0.2) is 121 Å². The van der Waals surface area contributed by atoms with E-state index in [1.807, 2.05) is 6.92 Å². The van der Waals surface area contributed by atoms with Gasteiger partial charge in [-0.3, -0.25) is 24.0 Å². The molecule has 0 saturated carbocycles. The van der Waals surface area contributed by atoms with E-state index in [2.05, 4.69) is 31.2 Å². The Balaban J connectivity index is 0.00000139. The minimum atomic E-state index is -5.08. The average molecular weight is 889 g/mol. The molecule has 21 heteroatoms. The van der Waals surface area contributed by atoms with E-state index in [1.165, 1.54) is 29.6 Å². The lowest BCUT2D eigenvalue weighted by Gasteiger charge is -2.31. The number of alkyl halides is 3. The average Bonchev–Trinajstić information content (AvgIpc) is 3.95. The third-order valence-corrected chi connectivity index (χ3v) is 10.4. The molecule has 18 nitrogen and oxygen atoms in total. The lowest BCUT2D eigenvalue weighted by Crippen LogP contribution is -2.61. The molecule has 1 aliphatic rings. The van der Waals surface area contributed by atoms with Crippen LogP contribution in [0.25, 0.3) is 0 Å². The molecule has 0 radical (unpaired) electrons. The fourth-order valence-electron chi connectivity index (χ4n) is 6.50. The molecule has 0 unspecified atom stereocenters. The van der Waals surface area contributed by atoms with E-state index in [0.717, 1.165) is 5.56 Å². The number of carbonyl (C=O) groups excluding carboxylic acids is 5. The van der Waals surface area contributed by atoms with Crippen LogP contribution < -0.4 is 27.0 Å². The number of hydrogen-bond acceptors (Lipinski definition) is 10. The van der Waals surface area contributed by atoms with E-state index in [-0.39, 0.29) is 37.5 Å². The first kappa shape index (κ1) is 50.8. The summed E-state index contributed by atoms with van der Waals surface area (Å²) < 4.78 is 31.7. The van der Waals surface area contributed by atoms with Crippen molar-refractivity contribution < 1.29 is 62.1 Å². The molecule has 10 N–H and O–H groups in total. The Morgan fingerprint density at radius 2 is 1.41 bits per heavy atom. The highest BCUT2D eigenvalue weighted by Crippen LogP contribution is 2.21. The lowest BCUT2D eigenvalue weighted by molar-refractivity contribution is -0.192. The summed E-state index contributed by atoms with van der Waals surface area (Å²) >= 11 is 0. The number of carbonyl (C=O) groups is 7. The first-order valence-corrected chi connectivity index (χ1v) is 20.2. The van der Waals surface area contributed by atoms with Crippen LogP contribution in [-0.2, 0) is 52.8 Å². The number of nitrogens with one attached hydrogen (secondary N) is 5. The van der Waals surface area contributed by atoms with Gasteiger partial charge in [-0.15, -0.1) is 0 Å². The summed E-state index contributed by atoms with van der Waals surface area (Å²) in [5.74, 6) is -7.62. The van der Waals surface area contributed by atoms with E-state index >= 15 is 0 Å². The fourth-order valence-corrected chi connectivity index (χ4v) is 6.50. The maximum absolute atomic E-state index is 14.3. The molecule has 1 aromatic heterocycles. The summed E-state index contributed by atoms with van der Waals surface area (Å²) in [5, 5.41) is 37.7. The predicted molar refractivity (Wildman–Crippen MR) is 220 cm³/mol. The third kappa shape index (κ3) is 15.7. The molecular formula is C42H55F3N8O10. The predicted octanol–water partition coefficient (Wildman–Crippen LogP) is 1.82. The second-order valence-electron chi connectivity index (χ2n) is 15.5. The zero-order valence-corrected chi connectivity index (χ0v) is 35.2. The molecule has 1 aliphatic heterocycles. The van der Waals surface area contributed by atoms with Gasteiger partial charge in [-0.2, -0.15) is 13.2 Å². The van der Waals surface area contributed by atoms with Crippen LogP contribution >= 0.6 is 0 Å². The summed E-state index contributed by atoms with van der Waals surface area (Å²) in [6.07, 6.45) is -0.848. The van der Waals surface area contributed by atoms with E-state index in [4.69, 9.17) is 15.6 Å². The number of phenols is 1. The molecule has 344 valence electrons. The Bertz CT molecular complexity index is 2000. The number of carboxylic acids is 2. The summed E-state index contributed by atoms with van der Waals surface area (Å²) in [4.78, 5) is 98.5. The van der Waals surface area contributed by atoms with Crippen molar-refractivity contribution in [2.75, 3.05) is 6.54 Å². The number of hydrogen-bond donors (Lipinski definition) is 9. The van der Waals surface area contributed by atoms with Crippen LogP contribution in [0.4, 0.5) is 13.2 Å². The normalized spacial score (nSPS) is 16.5. The third-order valence-electron chi connectivity index (χ3n) is 10.4. The molecule has 0 bridgehead atoms. The van der Waals surface area contributed by atoms with Gasteiger partial charge in [0.2, 0.25) is 29.5 Å². The second kappa shape index (κ2) is 23.6. The SMILES string of the molecule is CC[C@H](C)[C@H](NC(=O)[C@H](Cc1ccc(O)cc1)NC(=O)[C@@H](N)C(C)C)C(=O)N[C@@H](Cc1cnc[nH]1)C(=O)N1CCC[C@H]1C(=O)N[C@@H](Cc1ccccc1)C(=O)O.O=C(O)C(F)(F)F. The number of aromatic nitrogens is 2. The first-order chi connectivity index (χ1) is 29.6. The smallest absolute Gasteiger partial charge is 0.490 e. The van der Waals surface area contributed by atoms with Gasteiger partial charge < -0.3 is 52.2 Å². The molecule has 3 aromatic rings. The van der Waals surface area contributed by atoms with Gasteiger partial charge in [0.1, 0.15) is 36.0 Å². The van der Waals surface area contributed by atoms with Gasteiger partial charge >= 0.3 is 18.1 Å². The van der Waals surface area contributed by atoms with E-state index in [0.29, 0.717) is 30.5 Å². The van der Waals surface area contributed by atoms with Gasteiger partial charge in [-0.05, 0) is 47.9 Å². The molecule has 2 aromatic carbocycles. The number of aromatic hydroxyl groups is 1. The number of aromatic amines is 1. The van der Waals surface area contributed by atoms with Crippen molar-refractivity contribution in [2.24, 2.45) is 17.6 Å². The van der Waals surface area contributed by atoms with Crippen molar-refractivity contribution in [3.8, 4) is 5.75 Å². The summed E-state index contributed by atoms with van der Waals surface area (Å²) in [6.45, 7) is 7.37. The van der Waals surface area contributed by atoms with Crippen LogP contribution in [0.5, 0.6) is 5.75 Å². The number of likely N-dealkylation sites (tertiary alicyclic amines) is 1. The quantitative estimate of drug-likeness (QED) is 0.0834. The fraction of sp³-hybridized carbons (Fsp3) is 0.476. The number of nitrogens with two attached hydrogens (primary N) is 1. The minimum absolute atomic E-state index is 0.0189. The number of benzene rings is 2. The number of phenolic OH excluding ortho intramolecular Hbond substituents is 1. The van der Waals surface area contributed by atoms with Gasteiger partial charge in [0.15, 0.2) is 0 Å². The number of nitrogens with zero attached hydrogens (tertiary/aromatic N) is 2. The minimum Gasteiger partial charge on any atom is -0.508 e. The van der Waals surface area contributed by atoms with Crippen LogP contribution in [0.15, 0.2) is 67.1 Å². The van der Waals surface area contributed by atoms with Gasteiger partial charge in [0.25, 0.3) is 0 Å². The highest BCUT2D eigenvalue weighted by molar-refractivity contribution is 5.97. The molecule has 2 heterocycles. The highest BCUT2D eigenvalue weighted by atomic mass is 19.4. The second-order valence-corrected chi connectivity index (χ2v) is 15.5. The standard InChI is InChI=1S/C40H54N8O8.C2HF3O2/c1-5-24(4)34(47-35(50)29(44-37(52)33(41)23(2)3)18-26-13-15-28(49)16-14-26)38(53)45-30(20-27-21-42-22-43-27)39(54)48-17-9-12-32(48)36(51)46-31(40(55)56)19-25-10-7-6-8-11-25;3-2(4,5)1(6)7/h6-8,10-11,13-16,21-24,29-34,49H,5,9,12,17-20,41H2,1-4H3,(H,42,43)(H,44,52)(H,45,53)(H,46,51)(H,47,50)(H,55,56);(H,6,7)/t24-,29-,30-,31-,32-,33-,34-;/m0./s1. The molecule has 63 heavy (non-hydrogen) atoms. The number of carboxylic acid groups (broad SMARTS) is 2. The van der Waals surface area contributed by atoms with Crippen molar-refractivity contribution in [1.29, 1.82) is 0 Å². The number of halogens is 3. The molecule has 5 amide bonds. The number of H-pyrrole nitrogens is 1. The topological polar surface area (TPSA) is 286 Å². The number of aliphatic carboxylic acids is 2. The Kier molecular flexibility index (Phi) is 19.1. The Morgan fingerprint density at radius 3 is 1.95 bits per heavy atom. The Labute approximate surface area is 361 Å². The molecule has 1 saturated heterocycles. The zero-order chi connectivity index (χ0) is 47.0. The maximum Gasteiger partial charge on any atom is 0.490 e. The molecule has 0 spiro atoms. The number of imidazole rings is 1. The van der Waals surface area contributed by atoms with Crippen LogP contribution in [0.3, 0.4) is 0 Å². The molecule has 1 fully saturated rings. The molecule has 0 aliphatic carbocycles. The summed E-state index contributed by atoms with van der Waals surface area (Å²) in [7, 11) is 0. The van der Waals surface area contributed by atoms with Crippen LogP contribution in [0.1, 0.15) is 63.8 Å². The van der Waals surface area contributed by atoms with Crippen LogP contribution in [0, 0.1) is 11.8 Å². The van der Waals surface area contributed by atoms with Gasteiger partial charge in [0.05, 0.1) is 12.4 Å². The molecule has 4 rings (SSSR count).